The predicted molar refractivity (Wildman–Crippen MR) is 67.4 cm³/mol. The van der Waals surface area contributed by atoms with Crippen molar-refractivity contribution < 1.29 is 14.7 Å². The molecule has 1 fully saturated rings. The van der Waals surface area contributed by atoms with Crippen molar-refractivity contribution in [2.24, 2.45) is 0 Å². The highest BCUT2D eigenvalue weighted by Gasteiger charge is 2.31. The Morgan fingerprint density at radius 2 is 1.94 bits per heavy atom. The van der Waals surface area contributed by atoms with Gasteiger partial charge in [0.2, 0.25) is 0 Å². The molecule has 5 heteroatoms. The number of piperidine rings is 1. The van der Waals surface area contributed by atoms with Crippen LogP contribution in [0.5, 0.6) is 0 Å². The number of carboxylic acid groups (broad SMARTS) is 1. The monoisotopic (exact) mass is 248 g/mol. The number of carbonyl (C=O) groups excluding carboxylic acids is 1. The number of nitrogens with zero attached hydrogens (tertiary/aromatic N) is 1. The fourth-order valence-electron chi connectivity index (χ4n) is 2.15. The molecule has 0 radical (unpaired) electrons. The Kier molecular flexibility index (Phi) is 3.82. The predicted octanol–water partition coefficient (Wildman–Crippen LogP) is 2.16. The summed E-state index contributed by atoms with van der Waals surface area (Å²) in [5.74, 6) is -0.932. The number of likely N-dealkylation sites (tertiary alicyclic amines) is 1. The Hall–Kier alpha value is -2.04. The van der Waals surface area contributed by atoms with Crippen LogP contribution in [0.4, 0.5) is 10.5 Å². The summed E-state index contributed by atoms with van der Waals surface area (Å²) in [5, 5.41) is 11.8. The van der Waals surface area contributed by atoms with Crippen LogP contribution in [0.25, 0.3) is 0 Å². The number of rotatable bonds is 2. The number of carboxylic acids is 1. The first kappa shape index (κ1) is 12.4. The second-order valence-electron chi connectivity index (χ2n) is 4.34. The van der Waals surface area contributed by atoms with E-state index >= 15 is 0 Å². The van der Waals surface area contributed by atoms with Gasteiger partial charge in [-0.3, -0.25) is 0 Å². The van der Waals surface area contributed by atoms with Crippen LogP contribution in [-0.2, 0) is 4.79 Å². The molecule has 2 amide bonds. The molecule has 96 valence electrons. The molecule has 0 saturated carbocycles. The van der Waals surface area contributed by atoms with Gasteiger partial charge in [-0.2, -0.15) is 0 Å². The third kappa shape index (κ3) is 2.80. The van der Waals surface area contributed by atoms with Crippen LogP contribution in [-0.4, -0.2) is 34.6 Å². The maximum Gasteiger partial charge on any atom is 0.326 e. The molecule has 1 saturated heterocycles. The van der Waals surface area contributed by atoms with Crippen molar-refractivity contribution in [3.05, 3.63) is 30.3 Å². The number of hydrogen-bond donors (Lipinski definition) is 2. The molecule has 1 aromatic rings. The number of amides is 2. The van der Waals surface area contributed by atoms with Crippen molar-refractivity contribution >= 4 is 17.7 Å². The van der Waals surface area contributed by atoms with Crippen LogP contribution >= 0.6 is 0 Å². The van der Waals surface area contributed by atoms with E-state index in [2.05, 4.69) is 5.32 Å². The molecule has 2 N–H and O–H groups in total. The normalized spacial score (nSPS) is 19.3. The van der Waals surface area contributed by atoms with Gasteiger partial charge in [-0.25, -0.2) is 9.59 Å². The molecule has 1 aliphatic heterocycles. The molecule has 1 aromatic carbocycles. The van der Waals surface area contributed by atoms with Crippen LogP contribution in [0.2, 0.25) is 0 Å². The maximum atomic E-state index is 12.0. The van der Waals surface area contributed by atoms with Gasteiger partial charge in [-0.1, -0.05) is 18.2 Å². The fourth-order valence-corrected chi connectivity index (χ4v) is 2.15. The van der Waals surface area contributed by atoms with Crippen LogP contribution in [0, 0.1) is 0 Å². The third-order valence-electron chi connectivity index (χ3n) is 3.07. The summed E-state index contributed by atoms with van der Waals surface area (Å²) in [6.45, 7) is 0.496. The highest BCUT2D eigenvalue weighted by molar-refractivity contribution is 5.92. The first-order valence-electron chi connectivity index (χ1n) is 6.04. The molecule has 1 aliphatic rings. The van der Waals surface area contributed by atoms with E-state index in [-0.39, 0.29) is 6.03 Å². The topological polar surface area (TPSA) is 69.6 Å². The largest absolute Gasteiger partial charge is 0.480 e. The second kappa shape index (κ2) is 5.53. The summed E-state index contributed by atoms with van der Waals surface area (Å²) < 4.78 is 0. The molecule has 0 aromatic heterocycles. The van der Waals surface area contributed by atoms with E-state index in [9.17, 15) is 9.59 Å². The molecule has 1 heterocycles. The number of urea groups is 1. The Labute approximate surface area is 105 Å². The van der Waals surface area contributed by atoms with E-state index in [4.69, 9.17) is 5.11 Å². The van der Waals surface area contributed by atoms with Crippen molar-refractivity contribution in [2.45, 2.75) is 25.3 Å². The Morgan fingerprint density at radius 1 is 1.22 bits per heavy atom. The number of aliphatic carboxylic acids is 1. The van der Waals surface area contributed by atoms with E-state index in [0.29, 0.717) is 18.7 Å². The lowest BCUT2D eigenvalue weighted by Gasteiger charge is -2.32. The minimum absolute atomic E-state index is 0.340. The van der Waals surface area contributed by atoms with Gasteiger partial charge >= 0.3 is 12.0 Å². The minimum Gasteiger partial charge on any atom is -0.480 e. The Balaban J connectivity index is 2.05. The SMILES string of the molecule is O=C(O)C1CCCCN1C(=O)Nc1ccccc1. The van der Waals surface area contributed by atoms with Crippen molar-refractivity contribution in [3.8, 4) is 0 Å². The van der Waals surface area contributed by atoms with Gasteiger partial charge in [0.15, 0.2) is 0 Å². The summed E-state index contributed by atoms with van der Waals surface area (Å²) in [5.41, 5.74) is 0.678. The fraction of sp³-hybridized carbons (Fsp3) is 0.385. The molecule has 5 nitrogen and oxygen atoms in total. The quantitative estimate of drug-likeness (QED) is 0.842. The minimum atomic E-state index is -0.932. The molecule has 0 aliphatic carbocycles. The molecule has 18 heavy (non-hydrogen) atoms. The zero-order chi connectivity index (χ0) is 13.0. The van der Waals surface area contributed by atoms with Crippen molar-refractivity contribution in [1.82, 2.24) is 4.90 Å². The van der Waals surface area contributed by atoms with Gasteiger partial charge in [0, 0.05) is 12.2 Å². The molecule has 1 unspecified atom stereocenters. The van der Waals surface area contributed by atoms with Crippen molar-refractivity contribution in [1.29, 1.82) is 0 Å². The molecule has 2 rings (SSSR count). The van der Waals surface area contributed by atoms with E-state index < -0.39 is 12.0 Å². The number of nitrogens with one attached hydrogen (secondary N) is 1. The van der Waals surface area contributed by atoms with Crippen LogP contribution in [0.1, 0.15) is 19.3 Å². The van der Waals surface area contributed by atoms with Crippen molar-refractivity contribution in [2.75, 3.05) is 11.9 Å². The summed E-state index contributed by atoms with van der Waals surface area (Å²) >= 11 is 0. The zero-order valence-electron chi connectivity index (χ0n) is 10.0. The number of para-hydroxylation sites is 1. The first-order valence-corrected chi connectivity index (χ1v) is 6.04. The number of anilines is 1. The average molecular weight is 248 g/mol. The van der Waals surface area contributed by atoms with E-state index in [1.807, 2.05) is 18.2 Å². The van der Waals surface area contributed by atoms with Crippen molar-refractivity contribution in [3.63, 3.8) is 0 Å². The number of benzene rings is 1. The van der Waals surface area contributed by atoms with Gasteiger partial charge in [0.25, 0.3) is 0 Å². The number of carbonyl (C=O) groups is 2. The Morgan fingerprint density at radius 3 is 2.61 bits per heavy atom. The van der Waals surface area contributed by atoms with Gasteiger partial charge in [-0.15, -0.1) is 0 Å². The molecule has 0 bridgehead atoms. The lowest BCUT2D eigenvalue weighted by molar-refractivity contribution is -0.143. The molecule has 0 spiro atoms. The summed E-state index contributed by atoms with van der Waals surface area (Å²) in [7, 11) is 0. The molecular weight excluding hydrogens is 232 g/mol. The zero-order valence-corrected chi connectivity index (χ0v) is 10.0. The van der Waals surface area contributed by atoms with Gasteiger partial charge < -0.3 is 15.3 Å². The van der Waals surface area contributed by atoms with E-state index in [1.54, 1.807) is 12.1 Å². The molecular formula is C13H16N2O3. The van der Waals surface area contributed by atoms with Crippen LogP contribution < -0.4 is 5.32 Å². The van der Waals surface area contributed by atoms with Gasteiger partial charge in [0.05, 0.1) is 0 Å². The average Bonchev–Trinajstić information content (AvgIpc) is 2.40. The summed E-state index contributed by atoms with van der Waals surface area (Å²) in [4.78, 5) is 24.5. The summed E-state index contributed by atoms with van der Waals surface area (Å²) in [6.07, 6.45) is 2.23. The van der Waals surface area contributed by atoms with E-state index in [0.717, 1.165) is 12.8 Å². The van der Waals surface area contributed by atoms with E-state index in [1.165, 1.54) is 4.90 Å². The maximum absolute atomic E-state index is 12.0. The smallest absolute Gasteiger partial charge is 0.326 e. The lowest BCUT2D eigenvalue weighted by Crippen LogP contribution is -2.49. The summed E-state index contributed by atoms with van der Waals surface area (Å²) in [6, 6.07) is 8.00. The van der Waals surface area contributed by atoms with Crippen LogP contribution in [0.15, 0.2) is 30.3 Å². The van der Waals surface area contributed by atoms with Crippen LogP contribution in [0.3, 0.4) is 0 Å². The lowest BCUT2D eigenvalue weighted by atomic mass is 10.0. The molecule has 1 atom stereocenters. The number of hydrogen-bond acceptors (Lipinski definition) is 2. The Bertz CT molecular complexity index is 433. The second-order valence-corrected chi connectivity index (χ2v) is 4.34. The standard InChI is InChI=1S/C13H16N2O3/c16-12(17)11-8-4-5-9-15(11)13(18)14-10-6-2-1-3-7-10/h1-3,6-7,11H,4-5,8-9H2,(H,14,18)(H,16,17). The van der Waals surface area contributed by atoms with Gasteiger partial charge in [0.1, 0.15) is 6.04 Å². The van der Waals surface area contributed by atoms with Gasteiger partial charge in [-0.05, 0) is 31.4 Å². The highest BCUT2D eigenvalue weighted by atomic mass is 16.4. The highest BCUT2D eigenvalue weighted by Crippen LogP contribution is 2.18. The first-order chi connectivity index (χ1) is 8.68. The third-order valence-corrected chi connectivity index (χ3v) is 3.07.